The highest BCUT2D eigenvalue weighted by Gasteiger charge is 2.11. The van der Waals surface area contributed by atoms with Crippen LogP contribution in [-0.2, 0) is 4.79 Å². The molecule has 0 saturated heterocycles. The maximum Gasteiger partial charge on any atom is 0.303 e. The Morgan fingerprint density at radius 3 is 2.28 bits per heavy atom. The van der Waals surface area contributed by atoms with Crippen LogP contribution in [0, 0.1) is 0 Å². The third-order valence-electron chi connectivity index (χ3n) is 3.78. The van der Waals surface area contributed by atoms with Gasteiger partial charge in [-0.25, -0.2) is 0 Å². The number of carbonyl (C=O) groups is 1. The smallest absolute Gasteiger partial charge is 0.303 e. The van der Waals surface area contributed by atoms with Crippen LogP contribution in [0.2, 0.25) is 0 Å². The van der Waals surface area contributed by atoms with E-state index in [0.717, 1.165) is 32.1 Å². The van der Waals surface area contributed by atoms with Crippen LogP contribution in [0.1, 0.15) is 64.7 Å². The Kier molecular flexibility index (Phi) is 15.1. The second-order valence-corrected chi connectivity index (χ2v) is 6.18. The number of aliphatic hydroxyl groups excluding tert-OH is 3. The molecule has 144 valence electrons. The summed E-state index contributed by atoms with van der Waals surface area (Å²) in [7, 11) is 0. The van der Waals surface area contributed by atoms with E-state index in [2.05, 4.69) is 19.1 Å². The normalized spacial score (nSPS) is 16.0. The van der Waals surface area contributed by atoms with Crippen molar-refractivity contribution in [2.75, 3.05) is 0 Å². The first-order chi connectivity index (χ1) is 12.0. The zero-order valence-electron chi connectivity index (χ0n) is 15.3. The van der Waals surface area contributed by atoms with Crippen LogP contribution in [-0.4, -0.2) is 44.7 Å². The van der Waals surface area contributed by atoms with Crippen molar-refractivity contribution in [3.63, 3.8) is 0 Å². The minimum Gasteiger partial charge on any atom is -0.481 e. The van der Waals surface area contributed by atoms with Gasteiger partial charge in [0.2, 0.25) is 0 Å². The Hall–Kier alpha value is -1.43. The molecule has 0 aliphatic heterocycles. The van der Waals surface area contributed by atoms with Crippen LogP contribution in [0.4, 0.5) is 0 Å². The second-order valence-electron chi connectivity index (χ2n) is 6.18. The van der Waals surface area contributed by atoms with E-state index in [1.807, 2.05) is 12.2 Å². The molecule has 0 aliphatic rings. The van der Waals surface area contributed by atoms with Crippen molar-refractivity contribution in [3.8, 4) is 0 Å². The lowest BCUT2D eigenvalue weighted by molar-refractivity contribution is -0.137. The Morgan fingerprint density at radius 2 is 1.60 bits per heavy atom. The molecule has 0 aromatic rings. The minimum atomic E-state index is -0.999. The number of aliphatic carboxylic acids is 1. The van der Waals surface area contributed by atoms with Crippen LogP contribution < -0.4 is 0 Å². The lowest BCUT2D eigenvalue weighted by Crippen LogP contribution is -2.23. The van der Waals surface area contributed by atoms with E-state index < -0.39 is 24.3 Å². The predicted octanol–water partition coefficient (Wildman–Crippen LogP) is 3.35. The summed E-state index contributed by atoms with van der Waals surface area (Å²) in [5.74, 6) is -0.775. The molecule has 0 aromatic heterocycles. The number of carboxylic acids is 1. The Morgan fingerprint density at radius 1 is 0.920 bits per heavy atom. The van der Waals surface area contributed by atoms with E-state index in [1.165, 1.54) is 12.2 Å². The summed E-state index contributed by atoms with van der Waals surface area (Å²) in [6.45, 7) is 2.07. The number of unbranched alkanes of at least 4 members (excludes halogenated alkanes) is 3. The molecule has 25 heavy (non-hydrogen) atoms. The standard InChI is InChI=1S/C20H34O5/c1-2-3-4-5-6-10-13-18(22)19(23)16-15-17(21)12-9-7-8-11-14-20(24)25/h3-4,6,10,15-19,21-23H,2,5,7-9,11-14H2,1H3,(H,24,25). The van der Waals surface area contributed by atoms with E-state index in [0.29, 0.717) is 19.3 Å². The molecule has 4 N–H and O–H groups in total. The first kappa shape index (κ1) is 23.6. The first-order valence-corrected chi connectivity index (χ1v) is 9.21. The highest BCUT2D eigenvalue weighted by molar-refractivity contribution is 5.66. The Labute approximate surface area is 151 Å². The van der Waals surface area contributed by atoms with Crippen LogP contribution in [0.5, 0.6) is 0 Å². The van der Waals surface area contributed by atoms with Gasteiger partial charge in [0, 0.05) is 6.42 Å². The fourth-order valence-corrected chi connectivity index (χ4v) is 2.26. The van der Waals surface area contributed by atoms with E-state index >= 15 is 0 Å². The molecule has 0 fully saturated rings. The zero-order valence-corrected chi connectivity index (χ0v) is 15.3. The largest absolute Gasteiger partial charge is 0.481 e. The SMILES string of the molecule is CCC=CCC=CCC(O)C(O)C=CC(O)CCCCCCC(=O)O. The molecule has 5 heteroatoms. The number of aliphatic hydroxyl groups is 3. The van der Waals surface area contributed by atoms with Crippen molar-refractivity contribution in [3.05, 3.63) is 36.5 Å². The summed E-state index contributed by atoms with van der Waals surface area (Å²) in [5, 5.41) is 38.1. The van der Waals surface area contributed by atoms with E-state index in [9.17, 15) is 20.1 Å². The summed E-state index contributed by atoms with van der Waals surface area (Å²) in [6.07, 6.45) is 14.4. The van der Waals surface area contributed by atoms with Crippen molar-refractivity contribution in [1.29, 1.82) is 0 Å². The minimum absolute atomic E-state index is 0.190. The molecule has 0 aromatic carbocycles. The molecule has 5 nitrogen and oxygen atoms in total. The van der Waals surface area contributed by atoms with Gasteiger partial charge in [-0.05, 0) is 32.1 Å². The van der Waals surface area contributed by atoms with Gasteiger partial charge >= 0.3 is 5.97 Å². The molecular weight excluding hydrogens is 320 g/mol. The monoisotopic (exact) mass is 354 g/mol. The number of rotatable bonds is 15. The highest BCUT2D eigenvalue weighted by atomic mass is 16.4. The van der Waals surface area contributed by atoms with Crippen LogP contribution in [0.3, 0.4) is 0 Å². The van der Waals surface area contributed by atoms with Gasteiger partial charge < -0.3 is 20.4 Å². The maximum absolute atomic E-state index is 10.4. The van der Waals surface area contributed by atoms with Gasteiger partial charge in [-0.1, -0.05) is 62.6 Å². The quantitative estimate of drug-likeness (QED) is 0.267. The number of allylic oxidation sites excluding steroid dienone is 3. The van der Waals surface area contributed by atoms with Gasteiger partial charge in [-0.15, -0.1) is 0 Å². The number of carboxylic acid groups (broad SMARTS) is 1. The molecular formula is C20H34O5. The maximum atomic E-state index is 10.4. The summed E-state index contributed by atoms with van der Waals surface area (Å²) < 4.78 is 0. The van der Waals surface area contributed by atoms with Gasteiger partial charge in [-0.2, -0.15) is 0 Å². The van der Waals surface area contributed by atoms with Crippen molar-refractivity contribution >= 4 is 5.97 Å². The van der Waals surface area contributed by atoms with E-state index in [4.69, 9.17) is 5.11 Å². The van der Waals surface area contributed by atoms with Gasteiger partial charge in [0.25, 0.3) is 0 Å². The summed E-state index contributed by atoms with van der Waals surface area (Å²) >= 11 is 0. The fourth-order valence-electron chi connectivity index (χ4n) is 2.26. The first-order valence-electron chi connectivity index (χ1n) is 9.21. The molecule has 0 aliphatic carbocycles. The van der Waals surface area contributed by atoms with Crippen molar-refractivity contribution in [1.82, 2.24) is 0 Å². The summed E-state index contributed by atoms with van der Waals surface area (Å²) in [6, 6.07) is 0. The molecule has 0 rings (SSSR count). The van der Waals surface area contributed by atoms with Crippen molar-refractivity contribution < 1.29 is 25.2 Å². The van der Waals surface area contributed by atoms with Crippen molar-refractivity contribution in [2.24, 2.45) is 0 Å². The van der Waals surface area contributed by atoms with E-state index in [-0.39, 0.29) is 6.42 Å². The highest BCUT2D eigenvalue weighted by Crippen LogP contribution is 2.09. The summed E-state index contributed by atoms with van der Waals surface area (Å²) in [5.41, 5.74) is 0. The zero-order chi connectivity index (χ0) is 18.9. The molecule has 0 bridgehead atoms. The Bertz CT molecular complexity index is 414. The molecule has 0 saturated carbocycles. The van der Waals surface area contributed by atoms with Crippen molar-refractivity contribution in [2.45, 2.75) is 83.0 Å². The fraction of sp³-hybridized carbons (Fsp3) is 0.650. The summed E-state index contributed by atoms with van der Waals surface area (Å²) in [4.78, 5) is 10.4. The average molecular weight is 354 g/mol. The van der Waals surface area contributed by atoms with E-state index in [1.54, 1.807) is 0 Å². The molecule has 0 radical (unpaired) electrons. The molecule has 0 heterocycles. The average Bonchev–Trinajstić information content (AvgIpc) is 2.58. The molecule has 0 amide bonds. The third-order valence-corrected chi connectivity index (χ3v) is 3.78. The lowest BCUT2D eigenvalue weighted by Gasteiger charge is -2.13. The Balaban J connectivity index is 3.84. The van der Waals surface area contributed by atoms with Crippen LogP contribution >= 0.6 is 0 Å². The molecule has 3 atom stereocenters. The number of hydrogen-bond acceptors (Lipinski definition) is 4. The van der Waals surface area contributed by atoms with Gasteiger partial charge in [0.1, 0.15) is 0 Å². The second kappa shape index (κ2) is 16.1. The lowest BCUT2D eigenvalue weighted by atomic mass is 10.1. The predicted molar refractivity (Wildman–Crippen MR) is 100 cm³/mol. The van der Waals surface area contributed by atoms with Crippen LogP contribution in [0.15, 0.2) is 36.5 Å². The van der Waals surface area contributed by atoms with Gasteiger partial charge in [0.15, 0.2) is 0 Å². The molecule has 3 unspecified atom stereocenters. The topological polar surface area (TPSA) is 98.0 Å². The molecule has 0 spiro atoms. The number of hydrogen-bond donors (Lipinski definition) is 4. The van der Waals surface area contributed by atoms with Crippen LogP contribution in [0.25, 0.3) is 0 Å². The van der Waals surface area contributed by atoms with Gasteiger partial charge in [0.05, 0.1) is 18.3 Å². The van der Waals surface area contributed by atoms with Gasteiger partial charge in [-0.3, -0.25) is 4.79 Å². The third kappa shape index (κ3) is 15.8.